The first-order chi connectivity index (χ1) is 16.0. The lowest BCUT2D eigenvalue weighted by molar-refractivity contribution is 0.0956. The Morgan fingerprint density at radius 2 is 1.97 bits per heavy atom. The van der Waals surface area contributed by atoms with Crippen LogP contribution in [0.5, 0.6) is 0 Å². The lowest BCUT2D eigenvalue weighted by atomic mass is 9.95. The fourth-order valence-electron chi connectivity index (χ4n) is 4.67. The minimum Gasteiger partial charge on any atom is -0.385 e. The van der Waals surface area contributed by atoms with Gasteiger partial charge in [-0.3, -0.25) is 4.79 Å². The van der Waals surface area contributed by atoms with Crippen LogP contribution in [0.4, 0.5) is 5.69 Å². The summed E-state index contributed by atoms with van der Waals surface area (Å²) in [7, 11) is 0. The highest BCUT2D eigenvalue weighted by atomic mass is 16.1. The van der Waals surface area contributed by atoms with Crippen LogP contribution in [-0.4, -0.2) is 25.0 Å². The molecule has 1 saturated carbocycles. The Labute approximate surface area is 199 Å². The van der Waals surface area contributed by atoms with Gasteiger partial charge in [0.25, 0.3) is 5.91 Å². The maximum absolute atomic E-state index is 12.9. The van der Waals surface area contributed by atoms with Crippen LogP contribution in [0.15, 0.2) is 65.5 Å². The summed E-state index contributed by atoms with van der Waals surface area (Å²) in [5.74, 6) is -0.0420. The van der Waals surface area contributed by atoms with Crippen molar-refractivity contribution in [1.82, 2.24) is 10.6 Å². The van der Waals surface area contributed by atoms with Crippen molar-refractivity contribution in [1.29, 1.82) is 0 Å². The third kappa shape index (κ3) is 7.10. The van der Waals surface area contributed by atoms with Gasteiger partial charge in [0.1, 0.15) is 0 Å². The second-order valence-electron chi connectivity index (χ2n) is 9.09. The number of hydrogen-bond donors (Lipinski definition) is 4. The van der Waals surface area contributed by atoms with Crippen LogP contribution in [0.2, 0.25) is 0 Å². The molecule has 0 aromatic heterocycles. The van der Waals surface area contributed by atoms with E-state index in [0.29, 0.717) is 12.6 Å². The molecule has 0 bridgehead atoms. The maximum atomic E-state index is 12.9. The molecular formula is C28H40N4O. The van der Waals surface area contributed by atoms with Crippen molar-refractivity contribution in [3.8, 4) is 0 Å². The molecule has 33 heavy (non-hydrogen) atoms. The van der Waals surface area contributed by atoms with Crippen molar-refractivity contribution in [2.75, 3.05) is 18.4 Å². The molecule has 2 heterocycles. The van der Waals surface area contributed by atoms with Gasteiger partial charge in [-0.2, -0.15) is 0 Å². The molecule has 0 radical (unpaired) electrons. The van der Waals surface area contributed by atoms with Gasteiger partial charge in [-0.15, -0.1) is 0 Å². The largest absolute Gasteiger partial charge is 0.385 e. The van der Waals surface area contributed by atoms with E-state index < -0.39 is 0 Å². The number of amides is 1. The van der Waals surface area contributed by atoms with Crippen molar-refractivity contribution >= 4 is 11.6 Å². The Hall–Kier alpha value is -2.79. The number of allylic oxidation sites excluding steroid dienone is 5. The average Bonchev–Trinajstić information content (AvgIpc) is 2.79. The van der Waals surface area contributed by atoms with E-state index in [0.717, 1.165) is 59.6 Å². The van der Waals surface area contributed by atoms with E-state index in [1.54, 1.807) is 0 Å². The van der Waals surface area contributed by atoms with E-state index in [-0.39, 0.29) is 5.91 Å². The molecule has 0 saturated heterocycles. The summed E-state index contributed by atoms with van der Waals surface area (Å²) in [4.78, 5) is 12.9. The predicted molar refractivity (Wildman–Crippen MR) is 139 cm³/mol. The Morgan fingerprint density at radius 3 is 2.67 bits per heavy atom. The molecule has 1 aromatic carbocycles. The smallest absolute Gasteiger partial charge is 0.251 e. The van der Waals surface area contributed by atoms with Gasteiger partial charge in [0.05, 0.1) is 0 Å². The van der Waals surface area contributed by atoms with E-state index in [4.69, 9.17) is 5.73 Å². The van der Waals surface area contributed by atoms with Gasteiger partial charge in [-0.25, -0.2) is 0 Å². The van der Waals surface area contributed by atoms with Gasteiger partial charge < -0.3 is 21.7 Å². The second kappa shape index (κ2) is 12.4. The quantitative estimate of drug-likeness (QED) is 0.461. The number of hydrogen-bond acceptors (Lipinski definition) is 4. The van der Waals surface area contributed by atoms with Gasteiger partial charge in [-0.1, -0.05) is 44.1 Å². The highest BCUT2D eigenvalue weighted by Gasteiger charge is 2.18. The van der Waals surface area contributed by atoms with E-state index in [2.05, 4.69) is 47.7 Å². The van der Waals surface area contributed by atoms with Gasteiger partial charge in [0, 0.05) is 41.8 Å². The number of nitrogens with two attached hydrogens (primary N) is 1. The Morgan fingerprint density at radius 1 is 1.18 bits per heavy atom. The normalized spacial score (nSPS) is 20.4. The zero-order chi connectivity index (χ0) is 23.6. The number of carbonyl (C=O) groups excluding carboxylic acids is 1. The van der Waals surface area contributed by atoms with Crippen LogP contribution in [-0.2, 0) is 6.42 Å². The van der Waals surface area contributed by atoms with E-state index in [1.165, 1.54) is 37.7 Å². The van der Waals surface area contributed by atoms with E-state index in [1.807, 2.05) is 25.1 Å². The molecule has 0 atom stereocenters. The van der Waals surface area contributed by atoms with Crippen LogP contribution in [0.25, 0.3) is 0 Å². The lowest BCUT2D eigenvalue weighted by Crippen LogP contribution is -2.30. The molecule has 1 aliphatic carbocycles. The summed E-state index contributed by atoms with van der Waals surface area (Å²) in [6, 6.07) is 6.41. The van der Waals surface area contributed by atoms with E-state index in [9.17, 15) is 4.79 Å². The number of carbonyl (C=O) groups is 1. The Balaban J connectivity index is 0.000000374. The third-order valence-electron chi connectivity index (χ3n) is 6.42. The molecule has 178 valence electrons. The molecule has 3 aliphatic rings. The molecule has 5 N–H and O–H groups in total. The van der Waals surface area contributed by atoms with Crippen molar-refractivity contribution in [2.45, 2.75) is 71.3 Å². The summed E-state index contributed by atoms with van der Waals surface area (Å²) in [5, 5.41) is 9.74. The predicted octanol–water partition coefficient (Wildman–Crippen LogP) is 5.34. The van der Waals surface area contributed by atoms with Gasteiger partial charge >= 0.3 is 0 Å². The fourth-order valence-corrected chi connectivity index (χ4v) is 4.67. The average molecular weight is 449 g/mol. The maximum Gasteiger partial charge on any atom is 0.251 e. The lowest BCUT2D eigenvalue weighted by Gasteiger charge is -2.24. The molecule has 1 fully saturated rings. The number of fused-ring (bicyclic) bond motifs is 1. The van der Waals surface area contributed by atoms with Crippen LogP contribution >= 0.6 is 0 Å². The van der Waals surface area contributed by atoms with Crippen LogP contribution < -0.4 is 21.7 Å². The Kier molecular flexibility index (Phi) is 9.37. The van der Waals surface area contributed by atoms with Crippen LogP contribution in [0, 0.1) is 0 Å². The van der Waals surface area contributed by atoms with Crippen molar-refractivity contribution < 1.29 is 4.79 Å². The molecule has 5 heteroatoms. The zero-order valence-corrected chi connectivity index (χ0v) is 20.3. The van der Waals surface area contributed by atoms with Crippen LogP contribution in [0.3, 0.4) is 0 Å². The monoisotopic (exact) mass is 448 g/mol. The molecule has 0 spiro atoms. The number of dihydropyridines is 1. The standard InChI is InChI=1S/C22H27N3O.C6H13N/c1-4-23-21-12-8-11-19-18(21)10-7-5-6-9-17-13-15(2)25-16(3)20(17)14-24-22(19)26;7-6-4-2-1-3-5-6/h5,7-8,11-13,23,25H,3-4,6,9-10,14H2,1-2H3,(H,24,26);6H,1-5,7H2/b7-5+;. The van der Waals surface area contributed by atoms with Gasteiger partial charge in [0.15, 0.2) is 0 Å². The molecule has 1 amide bonds. The first-order valence-electron chi connectivity index (χ1n) is 12.4. The minimum absolute atomic E-state index is 0.0420. The molecular weight excluding hydrogens is 408 g/mol. The number of benzene rings is 1. The van der Waals surface area contributed by atoms with Crippen molar-refractivity contribution in [3.63, 3.8) is 0 Å². The van der Waals surface area contributed by atoms with Crippen molar-refractivity contribution in [2.24, 2.45) is 5.73 Å². The van der Waals surface area contributed by atoms with Gasteiger partial charge in [0.2, 0.25) is 0 Å². The highest BCUT2D eigenvalue weighted by molar-refractivity contribution is 5.97. The summed E-state index contributed by atoms with van der Waals surface area (Å²) in [6.45, 7) is 9.55. The first-order valence-corrected chi connectivity index (χ1v) is 12.4. The topological polar surface area (TPSA) is 79.2 Å². The van der Waals surface area contributed by atoms with E-state index >= 15 is 0 Å². The summed E-state index contributed by atoms with van der Waals surface area (Å²) >= 11 is 0. The van der Waals surface area contributed by atoms with Crippen molar-refractivity contribution in [3.05, 3.63) is 76.7 Å². The summed E-state index contributed by atoms with van der Waals surface area (Å²) in [5.41, 5.74) is 12.8. The number of anilines is 1. The molecule has 5 nitrogen and oxygen atoms in total. The molecule has 1 aromatic rings. The summed E-state index contributed by atoms with van der Waals surface area (Å²) < 4.78 is 0. The molecule has 2 aliphatic heterocycles. The SMILES string of the molecule is C=C1NC(C)=CC2=C1CNC(=O)c1cccc(NCC)c1C/C=C/CC2.NC1CCCCC1. The minimum atomic E-state index is -0.0420. The van der Waals surface area contributed by atoms with Crippen LogP contribution in [0.1, 0.15) is 74.7 Å². The summed E-state index contributed by atoms with van der Waals surface area (Å²) in [6.07, 6.45) is 15.9. The molecule has 4 rings (SSSR count). The number of rotatable bonds is 2. The second-order valence-corrected chi connectivity index (χ2v) is 9.09. The Bertz CT molecular complexity index is 935. The first kappa shape index (κ1) is 24.8. The fraction of sp³-hybridized carbons (Fsp3) is 0.464. The number of nitrogens with one attached hydrogen (secondary N) is 3. The zero-order valence-electron chi connectivity index (χ0n) is 20.3. The molecule has 0 unspecified atom stereocenters. The van der Waals surface area contributed by atoms with Gasteiger partial charge in [-0.05, 0) is 80.9 Å². The highest BCUT2D eigenvalue weighted by Crippen LogP contribution is 2.26. The third-order valence-corrected chi connectivity index (χ3v) is 6.42.